The number of fused-ring (bicyclic) bond motifs is 1. The van der Waals surface area contributed by atoms with E-state index in [4.69, 9.17) is 13.9 Å². The summed E-state index contributed by atoms with van der Waals surface area (Å²) in [4.78, 5) is 33.8. The van der Waals surface area contributed by atoms with Crippen molar-refractivity contribution in [3.05, 3.63) is 71.9 Å². The number of aliphatic hydroxyl groups excluding tert-OH is 1. The molecule has 0 unspecified atom stereocenters. The van der Waals surface area contributed by atoms with E-state index in [1.807, 2.05) is 0 Å². The Morgan fingerprint density at radius 1 is 1.10 bits per heavy atom. The van der Waals surface area contributed by atoms with Crippen LogP contribution < -0.4 is 25.4 Å². The number of rotatable bonds is 11. The number of hydrogen-bond acceptors (Lipinski definition) is 10. The molecule has 11 nitrogen and oxygen atoms in total. The summed E-state index contributed by atoms with van der Waals surface area (Å²) in [6.45, 7) is 4.89. The van der Waals surface area contributed by atoms with Crippen molar-refractivity contribution in [3.63, 3.8) is 0 Å². The van der Waals surface area contributed by atoms with Crippen molar-refractivity contribution in [2.45, 2.75) is 6.92 Å². The molecule has 1 aromatic carbocycles. The number of ether oxygens (including phenoxy) is 2. The zero-order valence-corrected chi connectivity index (χ0v) is 21.7. The molecule has 3 aromatic heterocycles. The van der Waals surface area contributed by atoms with Gasteiger partial charge < -0.3 is 34.9 Å². The zero-order chi connectivity index (χ0) is 29.0. The normalized spacial score (nSPS) is 10.8. The summed E-state index contributed by atoms with van der Waals surface area (Å²) in [5.74, 6) is -4.98. The number of nitrogens with one attached hydrogen (secondary N) is 3. The molecule has 13 heteroatoms. The highest BCUT2D eigenvalue weighted by Gasteiger charge is 2.31. The summed E-state index contributed by atoms with van der Waals surface area (Å²) in [7, 11) is 2.33. The fourth-order valence-electron chi connectivity index (χ4n) is 3.92. The molecule has 0 aliphatic heterocycles. The van der Waals surface area contributed by atoms with E-state index in [1.54, 1.807) is 13.1 Å². The number of benzene rings is 1. The summed E-state index contributed by atoms with van der Waals surface area (Å²) >= 11 is 0. The maximum Gasteiger partial charge on any atom is 0.247 e. The molecule has 4 rings (SSSR count). The third kappa shape index (κ3) is 5.27. The van der Waals surface area contributed by atoms with E-state index < -0.39 is 46.1 Å². The SMILES string of the molecule is C=CC(=O)Nc1cncc(C)c1Nc1cc2c(NCCO)c(C(=O)c3c(F)c(OC)cc(OC)c3F)oc2cn1. The predicted molar refractivity (Wildman–Crippen MR) is 144 cm³/mol. The molecular weight excluding hydrogens is 528 g/mol. The Hall–Kier alpha value is -5.04. The van der Waals surface area contributed by atoms with Crippen LogP contribution in [-0.2, 0) is 4.79 Å². The van der Waals surface area contributed by atoms with Gasteiger partial charge in [0, 0.05) is 24.2 Å². The van der Waals surface area contributed by atoms with Crippen molar-refractivity contribution in [3.8, 4) is 11.5 Å². The maximum atomic E-state index is 15.1. The van der Waals surface area contributed by atoms with Crippen molar-refractivity contribution < 1.29 is 37.4 Å². The smallest absolute Gasteiger partial charge is 0.247 e. The van der Waals surface area contributed by atoms with Crippen molar-refractivity contribution in [2.75, 3.05) is 43.3 Å². The van der Waals surface area contributed by atoms with Crippen molar-refractivity contribution in [1.29, 1.82) is 0 Å². The molecular formula is C27H25F2N5O6. The molecule has 0 spiro atoms. The van der Waals surface area contributed by atoms with Gasteiger partial charge in [0.15, 0.2) is 34.5 Å². The van der Waals surface area contributed by atoms with Crippen LogP contribution in [0.25, 0.3) is 11.0 Å². The standard InChI is InChI=1S/C27H25F2N5O6/c1-5-20(36)33-15-11-30-10-13(2)24(15)34-19-8-14-18(12-32-19)40-27(25(14)31-6-7-35)26(37)21-22(28)16(38-3)9-17(39-4)23(21)29/h5,8-12,31,35H,1,6-7H2,2-4H3,(H,33,36)(H,30,32,34). The van der Waals surface area contributed by atoms with Gasteiger partial charge in [-0.1, -0.05) is 6.58 Å². The second-order valence-corrected chi connectivity index (χ2v) is 8.33. The van der Waals surface area contributed by atoms with Crippen LogP contribution >= 0.6 is 0 Å². The van der Waals surface area contributed by atoms with Crippen LogP contribution in [0.15, 0.2) is 47.8 Å². The second-order valence-electron chi connectivity index (χ2n) is 8.33. The minimum absolute atomic E-state index is 0.00636. The van der Waals surface area contributed by atoms with Gasteiger partial charge in [0.2, 0.25) is 11.7 Å². The number of aryl methyl sites for hydroxylation is 1. The first-order valence-electron chi connectivity index (χ1n) is 11.8. The average molecular weight is 554 g/mol. The predicted octanol–water partition coefficient (Wildman–Crippen LogP) is 4.33. The number of ketones is 1. The molecule has 0 aliphatic rings. The number of aromatic nitrogens is 2. The fourth-order valence-corrected chi connectivity index (χ4v) is 3.92. The van der Waals surface area contributed by atoms with Gasteiger partial charge in [-0.15, -0.1) is 0 Å². The van der Waals surface area contributed by atoms with Gasteiger partial charge in [-0.3, -0.25) is 14.6 Å². The average Bonchev–Trinajstić information content (AvgIpc) is 3.31. The molecule has 0 aliphatic carbocycles. The third-order valence-electron chi connectivity index (χ3n) is 5.83. The monoisotopic (exact) mass is 553 g/mol. The summed E-state index contributed by atoms with van der Waals surface area (Å²) in [6.07, 6.45) is 5.46. The molecule has 3 heterocycles. The minimum Gasteiger partial charge on any atom is -0.494 e. The Morgan fingerprint density at radius 3 is 2.42 bits per heavy atom. The lowest BCUT2D eigenvalue weighted by molar-refractivity contribution is -0.111. The molecule has 0 fully saturated rings. The fraction of sp³-hybridized carbons (Fsp3) is 0.185. The summed E-state index contributed by atoms with van der Waals surface area (Å²) < 4.78 is 45.8. The van der Waals surface area contributed by atoms with Gasteiger partial charge in [-0.05, 0) is 24.6 Å². The van der Waals surface area contributed by atoms with Crippen LogP contribution in [0.4, 0.5) is 31.7 Å². The van der Waals surface area contributed by atoms with Crippen LogP contribution in [0.3, 0.4) is 0 Å². The number of anilines is 4. The lowest BCUT2D eigenvalue weighted by atomic mass is 10.0. The molecule has 4 aromatic rings. The first-order chi connectivity index (χ1) is 19.2. The number of pyridine rings is 2. The quantitative estimate of drug-likeness (QED) is 0.156. The van der Waals surface area contributed by atoms with Crippen molar-refractivity contribution in [2.24, 2.45) is 0 Å². The van der Waals surface area contributed by atoms with E-state index in [-0.39, 0.29) is 30.2 Å². The molecule has 4 N–H and O–H groups in total. The second kappa shape index (κ2) is 11.8. The van der Waals surface area contributed by atoms with Gasteiger partial charge in [0.1, 0.15) is 11.4 Å². The number of nitrogens with zero attached hydrogens (tertiary/aromatic N) is 2. The van der Waals surface area contributed by atoms with Crippen molar-refractivity contribution >= 4 is 45.5 Å². The van der Waals surface area contributed by atoms with Crippen LogP contribution in [0.5, 0.6) is 11.5 Å². The Bertz CT molecular complexity index is 1590. The highest BCUT2D eigenvalue weighted by molar-refractivity contribution is 6.15. The van der Waals surface area contributed by atoms with E-state index >= 15 is 8.78 Å². The number of furan rings is 1. The van der Waals surface area contributed by atoms with Gasteiger partial charge in [0.25, 0.3) is 0 Å². The van der Waals surface area contributed by atoms with Gasteiger partial charge in [-0.25, -0.2) is 13.8 Å². The molecule has 0 saturated carbocycles. The molecule has 208 valence electrons. The van der Waals surface area contributed by atoms with Crippen LogP contribution in [0.1, 0.15) is 21.7 Å². The van der Waals surface area contributed by atoms with E-state index in [9.17, 15) is 14.7 Å². The number of aliphatic hydroxyl groups is 1. The number of amides is 1. The van der Waals surface area contributed by atoms with Crippen LogP contribution in [0, 0.1) is 18.6 Å². The van der Waals surface area contributed by atoms with Crippen LogP contribution in [0.2, 0.25) is 0 Å². The number of halogens is 2. The molecule has 0 saturated heterocycles. The maximum absolute atomic E-state index is 15.1. The topological polar surface area (TPSA) is 148 Å². The van der Waals surface area contributed by atoms with Gasteiger partial charge in [-0.2, -0.15) is 0 Å². The molecule has 0 atom stereocenters. The number of carbonyl (C=O) groups is 2. The Balaban J connectivity index is 1.83. The Morgan fingerprint density at radius 2 is 1.80 bits per heavy atom. The van der Waals surface area contributed by atoms with E-state index in [2.05, 4.69) is 32.5 Å². The van der Waals surface area contributed by atoms with Crippen molar-refractivity contribution in [1.82, 2.24) is 9.97 Å². The first-order valence-corrected chi connectivity index (χ1v) is 11.8. The van der Waals surface area contributed by atoms with Crippen LogP contribution in [-0.4, -0.2) is 54.1 Å². The molecule has 0 bridgehead atoms. The first kappa shape index (κ1) is 28.0. The largest absolute Gasteiger partial charge is 0.494 e. The molecule has 0 radical (unpaired) electrons. The summed E-state index contributed by atoms with van der Waals surface area (Å²) in [6, 6.07) is 2.52. The van der Waals surface area contributed by atoms with Gasteiger partial charge >= 0.3 is 0 Å². The number of hydrogen-bond donors (Lipinski definition) is 4. The zero-order valence-electron chi connectivity index (χ0n) is 21.7. The highest BCUT2D eigenvalue weighted by atomic mass is 19.1. The molecule has 40 heavy (non-hydrogen) atoms. The Kier molecular flexibility index (Phi) is 8.24. The molecule has 1 amide bonds. The van der Waals surface area contributed by atoms with E-state index in [0.717, 1.165) is 12.1 Å². The third-order valence-corrected chi connectivity index (χ3v) is 5.83. The van der Waals surface area contributed by atoms with E-state index in [0.29, 0.717) is 22.3 Å². The Labute approximate surface area is 226 Å². The lowest BCUT2D eigenvalue weighted by Gasteiger charge is -2.14. The summed E-state index contributed by atoms with van der Waals surface area (Å²) in [5.41, 5.74) is 0.802. The van der Waals surface area contributed by atoms with Gasteiger partial charge in [0.05, 0.1) is 50.3 Å². The summed E-state index contributed by atoms with van der Waals surface area (Å²) in [5, 5.41) is 18.4. The number of methoxy groups -OCH3 is 2. The van der Waals surface area contributed by atoms with E-state index in [1.165, 1.54) is 32.7 Å². The minimum atomic E-state index is -1.23. The highest BCUT2D eigenvalue weighted by Crippen LogP contribution is 2.38. The lowest BCUT2D eigenvalue weighted by Crippen LogP contribution is -2.13. The number of carbonyl (C=O) groups excluding carboxylic acids is 2.